The van der Waals surface area contributed by atoms with Crippen LogP contribution in [0.5, 0.6) is 0 Å². The number of rotatable bonds is 4. The highest BCUT2D eigenvalue weighted by Gasteiger charge is 2.24. The van der Waals surface area contributed by atoms with Crippen LogP contribution in [-0.4, -0.2) is 27.5 Å². The van der Waals surface area contributed by atoms with Gasteiger partial charge in [-0.3, -0.25) is 10.1 Å². The van der Waals surface area contributed by atoms with Gasteiger partial charge in [-0.15, -0.1) is 0 Å². The van der Waals surface area contributed by atoms with Gasteiger partial charge in [0, 0.05) is 17.4 Å². The van der Waals surface area contributed by atoms with Crippen LogP contribution in [0.1, 0.15) is 19.3 Å². The molecule has 18 heavy (non-hydrogen) atoms. The molecule has 3 N–H and O–H groups in total. The minimum Gasteiger partial charge on any atom is -0.378 e. The lowest BCUT2D eigenvalue weighted by atomic mass is 10.2. The summed E-state index contributed by atoms with van der Waals surface area (Å²) in [6.45, 7) is 0. The van der Waals surface area contributed by atoms with Crippen LogP contribution < -0.4 is 11.1 Å². The zero-order chi connectivity index (χ0) is 13.1. The van der Waals surface area contributed by atoms with Crippen molar-refractivity contribution in [3.63, 3.8) is 0 Å². The minimum atomic E-state index is -0.522. The Morgan fingerprint density at radius 2 is 2.33 bits per heavy atom. The molecule has 98 valence electrons. The maximum absolute atomic E-state index is 10.6. The largest absolute Gasteiger partial charge is 0.378 e. The van der Waals surface area contributed by atoms with Crippen molar-refractivity contribution >= 4 is 29.1 Å². The number of hydrogen-bond donors (Lipinski definition) is 2. The zero-order valence-electron chi connectivity index (χ0n) is 10.1. The van der Waals surface area contributed by atoms with Crippen molar-refractivity contribution < 1.29 is 4.92 Å². The van der Waals surface area contributed by atoms with E-state index in [2.05, 4.69) is 16.6 Å². The van der Waals surface area contributed by atoms with Crippen LogP contribution in [0.4, 0.5) is 17.3 Å². The van der Waals surface area contributed by atoms with Crippen LogP contribution in [0.2, 0.25) is 0 Å². The summed E-state index contributed by atoms with van der Waals surface area (Å²) in [5.41, 5.74) is 5.41. The molecule has 6 nitrogen and oxygen atoms in total. The van der Waals surface area contributed by atoms with Crippen molar-refractivity contribution in [1.82, 2.24) is 4.98 Å². The fraction of sp³-hybridized carbons (Fsp3) is 0.545. The van der Waals surface area contributed by atoms with E-state index < -0.39 is 4.92 Å². The van der Waals surface area contributed by atoms with Gasteiger partial charge in [0.15, 0.2) is 0 Å². The van der Waals surface area contributed by atoms with E-state index in [1.165, 1.54) is 12.5 Å². The third-order valence-corrected chi connectivity index (χ3v) is 4.26. The molecular formula is C11H16N4O2S. The summed E-state index contributed by atoms with van der Waals surface area (Å²) in [5.74, 6) is 0.578. The summed E-state index contributed by atoms with van der Waals surface area (Å²) in [7, 11) is 0. The summed E-state index contributed by atoms with van der Waals surface area (Å²) in [6, 6.07) is 3.39. The summed E-state index contributed by atoms with van der Waals surface area (Å²) < 4.78 is 0. The predicted molar refractivity (Wildman–Crippen MR) is 73.9 cm³/mol. The molecule has 1 aromatic heterocycles. The summed E-state index contributed by atoms with van der Waals surface area (Å²) >= 11 is 1.88. The topological polar surface area (TPSA) is 94.1 Å². The van der Waals surface area contributed by atoms with Gasteiger partial charge in [0.05, 0.1) is 4.92 Å². The second-order valence-electron chi connectivity index (χ2n) is 4.37. The Morgan fingerprint density at radius 1 is 1.56 bits per heavy atom. The Hall–Kier alpha value is -1.50. The Morgan fingerprint density at radius 3 is 2.89 bits per heavy atom. The molecule has 0 aromatic carbocycles. The number of nitrogens with zero attached hydrogens (tertiary/aromatic N) is 2. The number of nitrogens with one attached hydrogen (secondary N) is 1. The molecule has 1 heterocycles. The van der Waals surface area contributed by atoms with E-state index in [0.717, 1.165) is 12.8 Å². The molecule has 0 bridgehead atoms. The Labute approximate surface area is 110 Å². The normalized spacial score (nSPS) is 22.9. The van der Waals surface area contributed by atoms with Crippen molar-refractivity contribution in [3.05, 3.63) is 22.2 Å². The first-order valence-corrected chi connectivity index (χ1v) is 7.09. The van der Waals surface area contributed by atoms with Crippen LogP contribution in [0.25, 0.3) is 0 Å². The number of anilines is 2. The van der Waals surface area contributed by atoms with Crippen LogP contribution in [0.3, 0.4) is 0 Å². The molecule has 2 atom stereocenters. The minimum absolute atomic E-state index is 0.0376. The van der Waals surface area contributed by atoms with Gasteiger partial charge in [0.2, 0.25) is 5.82 Å². The molecule has 1 aliphatic carbocycles. The molecule has 2 rings (SSSR count). The molecule has 1 aliphatic rings. The number of thioether (sulfide) groups is 1. The fourth-order valence-corrected chi connectivity index (χ4v) is 2.99. The van der Waals surface area contributed by atoms with E-state index in [1.807, 2.05) is 11.8 Å². The van der Waals surface area contributed by atoms with Gasteiger partial charge in [-0.05, 0) is 31.6 Å². The molecule has 0 aliphatic heterocycles. The number of nitrogen functional groups attached to an aromatic ring is 1. The maximum Gasteiger partial charge on any atom is 0.311 e. The standard InChI is InChI=1S/C11H16N4O2S/c1-18-8-3-2-7(6-8)13-10-5-4-9(15(16)17)11(12)14-10/h4-5,7-8H,2-3,6H2,1H3,(H3,12,13,14). The van der Waals surface area contributed by atoms with E-state index in [1.54, 1.807) is 6.07 Å². The lowest BCUT2D eigenvalue weighted by Gasteiger charge is -2.13. The quantitative estimate of drug-likeness (QED) is 0.642. The van der Waals surface area contributed by atoms with Crippen molar-refractivity contribution in [2.45, 2.75) is 30.6 Å². The first-order valence-electron chi connectivity index (χ1n) is 5.80. The lowest BCUT2D eigenvalue weighted by Crippen LogP contribution is -2.17. The SMILES string of the molecule is CSC1CCC(Nc2ccc([N+](=O)[O-])c(N)n2)C1. The highest BCUT2D eigenvalue weighted by molar-refractivity contribution is 7.99. The third kappa shape index (κ3) is 2.84. The molecule has 0 spiro atoms. The van der Waals surface area contributed by atoms with Gasteiger partial charge >= 0.3 is 5.69 Å². The molecule has 7 heteroatoms. The van der Waals surface area contributed by atoms with E-state index >= 15 is 0 Å². The van der Waals surface area contributed by atoms with E-state index in [4.69, 9.17) is 5.73 Å². The Balaban J connectivity index is 2.02. The molecule has 2 unspecified atom stereocenters. The van der Waals surface area contributed by atoms with E-state index in [0.29, 0.717) is 17.1 Å². The average molecular weight is 268 g/mol. The molecular weight excluding hydrogens is 252 g/mol. The van der Waals surface area contributed by atoms with Crippen molar-refractivity contribution in [3.8, 4) is 0 Å². The number of pyridine rings is 1. The van der Waals surface area contributed by atoms with Crippen molar-refractivity contribution in [1.29, 1.82) is 0 Å². The Kier molecular flexibility index (Phi) is 3.90. The van der Waals surface area contributed by atoms with Gasteiger partial charge in [0.1, 0.15) is 5.82 Å². The third-order valence-electron chi connectivity index (χ3n) is 3.17. The molecule has 0 radical (unpaired) electrons. The summed E-state index contributed by atoms with van der Waals surface area (Å²) in [5, 5.41) is 14.6. The van der Waals surface area contributed by atoms with Crippen LogP contribution >= 0.6 is 11.8 Å². The number of nitrogens with two attached hydrogens (primary N) is 1. The van der Waals surface area contributed by atoms with Crippen LogP contribution in [-0.2, 0) is 0 Å². The number of aromatic nitrogens is 1. The predicted octanol–water partition coefficient (Wildman–Crippen LogP) is 2.27. The van der Waals surface area contributed by atoms with Crippen LogP contribution in [0, 0.1) is 10.1 Å². The van der Waals surface area contributed by atoms with Gasteiger partial charge in [-0.25, -0.2) is 4.98 Å². The summed E-state index contributed by atoms with van der Waals surface area (Å²) in [6.07, 6.45) is 5.51. The second kappa shape index (κ2) is 5.43. The lowest BCUT2D eigenvalue weighted by molar-refractivity contribution is -0.384. The van der Waals surface area contributed by atoms with Gasteiger partial charge in [-0.2, -0.15) is 11.8 Å². The Bertz CT molecular complexity index is 455. The second-order valence-corrected chi connectivity index (χ2v) is 5.51. The van der Waals surface area contributed by atoms with E-state index in [-0.39, 0.29) is 11.5 Å². The summed E-state index contributed by atoms with van der Waals surface area (Å²) in [4.78, 5) is 14.1. The number of nitro groups is 1. The zero-order valence-corrected chi connectivity index (χ0v) is 10.9. The molecule has 1 saturated carbocycles. The van der Waals surface area contributed by atoms with Gasteiger partial charge < -0.3 is 11.1 Å². The average Bonchev–Trinajstić information content (AvgIpc) is 2.76. The number of hydrogen-bond acceptors (Lipinski definition) is 6. The fourth-order valence-electron chi connectivity index (χ4n) is 2.20. The monoisotopic (exact) mass is 268 g/mol. The molecule has 1 fully saturated rings. The highest BCUT2D eigenvalue weighted by atomic mass is 32.2. The van der Waals surface area contributed by atoms with Crippen LogP contribution in [0.15, 0.2) is 12.1 Å². The first-order chi connectivity index (χ1) is 8.60. The van der Waals surface area contributed by atoms with E-state index in [9.17, 15) is 10.1 Å². The molecule has 0 amide bonds. The van der Waals surface area contributed by atoms with Crippen molar-refractivity contribution in [2.75, 3.05) is 17.3 Å². The first kappa shape index (κ1) is 12.9. The smallest absolute Gasteiger partial charge is 0.311 e. The van der Waals surface area contributed by atoms with Crippen molar-refractivity contribution in [2.24, 2.45) is 0 Å². The van der Waals surface area contributed by atoms with Gasteiger partial charge in [0.25, 0.3) is 0 Å². The molecule has 0 saturated heterocycles. The molecule has 1 aromatic rings. The maximum atomic E-state index is 10.6. The highest BCUT2D eigenvalue weighted by Crippen LogP contribution is 2.30. The van der Waals surface area contributed by atoms with Gasteiger partial charge in [-0.1, -0.05) is 0 Å².